The third-order valence-corrected chi connectivity index (χ3v) is 13.5. The van der Waals surface area contributed by atoms with Crippen LogP contribution in [0.2, 0.25) is 0 Å². The minimum atomic E-state index is 1.11. The molecule has 60 heavy (non-hydrogen) atoms. The minimum absolute atomic E-state index is 1.11. The van der Waals surface area contributed by atoms with E-state index in [0.29, 0.717) is 0 Å². The molecule has 1 nitrogen and oxygen atoms in total. The maximum absolute atomic E-state index is 2.49. The first-order chi connectivity index (χ1) is 29.8. The number of hydrogen-bond acceptors (Lipinski definition) is 2. The molecule has 12 rings (SSSR count). The molecule has 0 saturated heterocycles. The predicted octanol–water partition coefficient (Wildman–Crippen LogP) is 17.1. The zero-order valence-corrected chi connectivity index (χ0v) is 33.5. The summed E-state index contributed by atoms with van der Waals surface area (Å²) in [6.45, 7) is 0. The molecule has 0 aliphatic carbocycles. The van der Waals surface area contributed by atoms with Crippen LogP contribution < -0.4 is 4.90 Å². The fraction of sp³-hybridized carbons (Fsp3) is 0. The van der Waals surface area contributed by atoms with E-state index in [0.717, 1.165) is 11.4 Å². The van der Waals surface area contributed by atoms with E-state index in [1.807, 2.05) is 11.3 Å². The lowest BCUT2D eigenvalue weighted by atomic mass is 9.91. The first kappa shape index (κ1) is 34.5. The third-order valence-electron chi connectivity index (χ3n) is 12.2. The van der Waals surface area contributed by atoms with E-state index in [9.17, 15) is 0 Å². The van der Waals surface area contributed by atoms with Gasteiger partial charge in [-0.1, -0.05) is 194 Å². The largest absolute Gasteiger partial charge is 0.309 e. The molecular weight excluding hydrogens is 743 g/mol. The summed E-state index contributed by atoms with van der Waals surface area (Å²) in [6, 6.07) is 82.5. The van der Waals surface area contributed by atoms with Crippen LogP contribution in [0.25, 0.3) is 96.6 Å². The highest BCUT2D eigenvalue weighted by atomic mass is 32.1. The van der Waals surface area contributed by atoms with Gasteiger partial charge in [-0.3, -0.25) is 0 Å². The molecule has 1 heterocycles. The van der Waals surface area contributed by atoms with Crippen molar-refractivity contribution in [1.29, 1.82) is 0 Å². The van der Waals surface area contributed by atoms with Crippen molar-refractivity contribution in [3.63, 3.8) is 0 Å². The van der Waals surface area contributed by atoms with Gasteiger partial charge >= 0.3 is 0 Å². The van der Waals surface area contributed by atoms with Gasteiger partial charge in [-0.15, -0.1) is 11.3 Å². The third kappa shape index (κ3) is 5.61. The van der Waals surface area contributed by atoms with E-state index < -0.39 is 0 Å². The van der Waals surface area contributed by atoms with E-state index in [2.05, 4.69) is 229 Å². The maximum atomic E-state index is 2.49. The molecule has 0 amide bonds. The van der Waals surface area contributed by atoms with Gasteiger partial charge in [0.1, 0.15) is 0 Å². The number of fused-ring (bicyclic) bond motifs is 8. The first-order valence-electron chi connectivity index (χ1n) is 20.6. The van der Waals surface area contributed by atoms with Gasteiger partial charge in [0.25, 0.3) is 0 Å². The molecular formula is C58H37NS. The quantitative estimate of drug-likeness (QED) is 0.162. The van der Waals surface area contributed by atoms with Crippen molar-refractivity contribution in [2.75, 3.05) is 4.90 Å². The number of hydrogen-bond donors (Lipinski definition) is 0. The highest BCUT2D eigenvalue weighted by Crippen LogP contribution is 2.48. The molecule has 0 spiro atoms. The van der Waals surface area contributed by atoms with Crippen LogP contribution in [0.4, 0.5) is 17.1 Å². The Labute approximate surface area is 352 Å². The number of anilines is 3. The minimum Gasteiger partial charge on any atom is -0.309 e. The van der Waals surface area contributed by atoms with E-state index in [-0.39, 0.29) is 0 Å². The van der Waals surface area contributed by atoms with Gasteiger partial charge in [0.2, 0.25) is 0 Å². The van der Waals surface area contributed by atoms with Gasteiger partial charge in [0.15, 0.2) is 0 Å². The highest BCUT2D eigenvalue weighted by Gasteiger charge is 2.21. The van der Waals surface area contributed by atoms with Gasteiger partial charge in [-0.25, -0.2) is 0 Å². The summed E-state index contributed by atoms with van der Waals surface area (Å²) in [5.41, 5.74) is 10.7. The van der Waals surface area contributed by atoms with Crippen molar-refractivity contribution in [3.05, 3.63) is 224 Å². The van der Waals surface area contributed by atoms with Crippen molar-refractivity contribution >= 4 is 91.7 Å². The van der Waals surface area contributed by atoms with Crippen molar-refractivity contribution < 1.29 is 0 Å². The summed E-state index contributed by atoms with van der Waals surface area (Å²) in [5, 5.41) is 12.6. The number of nitrogens with zero attached hydrogens (tertiary/aromatic N) is 1. The second-order valence-electron chi connectivity index (χ2n) is 15.6. The summed E-state index contributed by atoms with van der Waals surface area (Å²) in [6.07, 6.45) is 0. The molecule has 12 aromatic rings. The van der Waals surface area contributed by atoms with E-state index in [1.165, 1.54) is 102 Å². The second kappa shape index (κ2) is 14.1. The molecule has 0 atom stereocenters. The van der Waals surface area contributed by atoms with Gasteiger partial charge in [-0.05, 0) is 107 Å². The van der Waals surface area contributed by atoms with Crippen molar-refractivity contribution in [1.82, 2.24) is 0 Å². The lowest BCUT2D eigenvalue weighted by Gasteiger charge is -2.28. The fourth-order valence-electron chi connectivity index (χ4n) is 9.45. The first-order valence-corrected chi connectivity index (χ1v) is 21.4. The van der Waals surface area contributed by atoms with E-state index in [1.54, 1.807) is 0 Å². The summed E-state index contributed by atoms with van der Waals surface area (Å²) >= 11 is 1.90. The van der Waals surface area contributed by atoms with Gasteiger partial charge in [0, 0.05) is 26.8 Å². The van der Waals surface area contributed by atoms with E-state index >= 15 is 0 Å². The Morgan fingerprint density at radius 1 is 0.283 bits per heavy atom. The van der Waals surface area contributed by atoms with Crippen molar-refractivity contribution in [3.8, 4) is 33.4 Å². The maximum Gasteiger partial charge on any atom is 0.0640 e. The average Bonchev–Trinajstić information content (AvgIpc) is 3.71. The van der Waals surface area contributed by atoms with Crippen molar-refractivity contribution in [2.45, 2.75) is 0 Å². The zero-order chi connectivity index (χ0) is 39.6. The molecule has 0 aliphatic heterocycles. The molecule has 0 radical (unpaired) electrons. The normalized spacial score (nSPS) is 11.7. The Balaban J connectivity index is 1.10. The Hall–Kier alpha value is -7.52. The summed E-state index contributed by atoms with van der Waals surface area (Å²) in [4.78, 5) is 2.49. The van der Waals surface area contributed by atoms with Crippen LogP contribution in [-0.2, 0) is 0 Å². The van der Waals surface area contributed by atoms with Crippen LogP contribution in [0.5, 0.6) is 0 Å². The lowest BCUT2D eigenvalue weighted by Crippen LogP contribution is -2.10. The molecule has 280 valence electrons. The molecule has 2 heteroatoms. The Morgan fingerprint density at radius 3 is 1.57 bits per heavy atom. The predicted molar refractivity (Wildman–Crippen MR) is 260 cm³/mol. The lowest BCUT2D eigenvalue weighted by molar-refractivity contribution is 1.31. The molecule has 0 bridgehead atoms. The molecule has 11 aromatic carbocycles. The Kier molecular flexibility index (Phi) is 8.11. The molecule has 0 aliphatic rings. The zero-order valence-electron chi connectivity index (χ0n) is 32.7. The molecule has 0 unspecified atom stereocenters. The summed E-state index contributed by atoms with van der Waals surface area (Å²) in [7, 11) is 0. The van der Waals surface area contributed by atoms with Crippen molar-refractivity contribution in [2.24, 2.45) is 0 Å². The van der Waals surface area contributed by atoms with Crippen LogP contribution in [0, 0.1) is 0 Å². The highest BCUT2D eigenvalue weighted by molar-refractivity contribution is 7.27. The number of thiophene rings is 1. The fourth-order valence-corrected chi connectivity index (χ4v) is 10.8. The van der Waals surface area contributed by atoms with Gasteiger partial charge < -0.3 is 4.90 Å². The molecule has 1 aromatic heterocycles. The SMILES string of the molecule is c1ccc(-c2cccc3cccc(-c4ccc(N(c5cc(-c6cccc7ccccc67)c6ccccc6c5)c5cccc6c5sc5c7ccccc7ccc65)cc4)c23)cc1. The number of benzene rings is 11. The van der Waals surface area contributed by atoms with Gasteiger partial charge in [-0.2, -0.15) is 0 Å². The monoisotopic (exact) mass is 779 g/mol. The summed E-state index contributed by atoms with van der Waals surface area (Å²) < 4.78 is 2.60. The van der Waals surface area contributed by atoms with E-state index in [4.69, 9.17) is 0 Å². The average molecular weight is 780 g/mol. The Morgan fingerprint density at radius 2 is 0.817 bits per heavy atom. The Bertz CT molecular complexity index is 3590. The van der Waals surface area contributed by atoms with Crippen LogP contribution in [0.1, 0.15) is 0 Å². The van der Waals surface area contributed by atoms with Crippen LogP contribution >= 0.6 is 11.3 Å². The van der Waals surface area contributed by atoms with Crippen LogP contribution in [-0.4, -0.2) is 0 Å². The molecule has 0 N–H and O–H groups in total. The van der Waals surface area contributed by atoms with Gasteiger partial charge in [0.05, 0.1) is 10.4 Å². The molecule has 0 fully saturated rings. The smallest absolute Gasteiger partial charge is 0.0640 e. The van der Waals surface area contributed by atoms with Crippen LogP contribution in [0.15, 0.2) is 224 Å². The molecule has 0 saturated carbocycles. The topological polar surface area (TPSA) is 3.24 Å². The number of rotatable bonds is 6. The summed E-state index contributed by atoms with van der Waals surface area (Å²) in [5.74, 6) is 0. The standard InChI is InChI=1S/C58H37NS/c1-2-14-39(15-3-1)48-25-11-20-42-21-12-26-49(56(42)48)41-30-33-44(34-31-41)59(55-29-13-28-52-53-35-32-40-17-5-9-24-50(40)57(53)60-58(52)55)45-36-43-18-6-8-23-47(43)54(37-45)51-27-10-19-38-16-4-7-22-46(38)51/h1-37H. The second-order valence-corrected chi connectivity index (χ2v) is 16.6. The van der Waals surface area contributed by atoms with Crippen LogP contribution in [0.3, 0.4) is 0 Å².